The first kappa shape index (κ1) is 21.4. The van der Waals surface area contributed by atoms with Gasteiger partial charge in [-0.2, -0.15) is 5.10 Å². The molecule has 3 aromatic rings. The van der Waals surface area contributed by atoms with Crippen molar-refractivity contribution in [2.45, 2.75) is 0 Å². The van der Waals surface area contributed by atoms with Gasteiger partial charge in [0.25, 0.3) is 5.91 Å². The maximum atomic E-state index is 13.2. The Morgan fingerprint density at radius 2 is 2.00 bits per heavy atom. The lowest BCUT2D eigenvalue weighted by Gasteiger charge is -2.13. The Morgan fingerprint density at radius 3 is 2.71 bits per heavy atom. The van der Waals surface area contributed by atoms with Crippen LogP contribution in [0, 0.1) is 5.82 Å². The topological polar surface area (TPSA) is 62.7 Å². The molecule has 0 fully saturated rings. The molecule has 1 aliphatic rings. The number of nitrogens with one attached hydrogen (secondary N) is 2. The zero-order valence-electron chi connectivity index (χ0n) is 16.0. The van der Waals surface area contributed by atoms with Gasteiger partial charge in [0, 0.05) is 15.5 Å². The van der Waals surface area contributed by atoms with Crippen LogP contribution in [0.4, 0.5) is 10.1 Å². The number of amides is 1. The molecule has 5 nitrogen and oxygen atoms in total. The lowest BCUT2D eigenvalue weighted by molar-refractivity contribution is -0.114. The number of anilines is 1. The van der Waals surface area contributed by atoms with Gasteiger partial charge < -0.3 is 10.1 Å². The van der Waals surface area contributed by atoms with E-state index in [-0.39, 0.29) is 18.3 Å². The molecule has 1 amide bonds. The molecule has 0 unspecified atom stereocenters. The third kappa shape index (κ3) is 5.07. The SMILES string of the molecule is O=C1NCC(OCC(=NNc2ccc(F)cc2)c2ccc(Cl)cc2Cl)=C1c1cccs1. The molecule has 0 bridgehead atoms. The minimum Gasteiger partial charge on any atom is -0.489 e. The van der Waals surface area contributed by atoms with Crippen LogP contribution in [0.15, 0.2) is 70.8 Å². The average molecular weight is 476 g/mol. The monoisotopic (exact) mass is 475 g/mol. The first-order valence-corrected chi connectivity index (χ1v) is 10.9. The number of carbonyl (C=O) groups excluding carboxylic acids is 1. The summed E-state index contributed by atoms with van der Waals surface area (Å²) < 4.78 is 19.2. The molecular formula is C22H16Cl2FN3O2S. The summed E-state index contributed by atoms with van der Waals surface area (Å²) in [6, 6.07) is 14.6. The molecule has 1 aromatic heterocycles. The Hall–Kier alpha value is -2.87. The minimum atomic E-state index is -0.342. The molecule has 0 saturated heterocycles. The van der Waals surface area contributed by atoms with Gasteiger partial charge in [-0.05, 0) is 53.9 Å². The number of benzene rings is 2. The summed E-state index contributed by atoms with van der Waals surface area (Å²) in [6.07, 6.45) is 0. The summed E-state index contributed by atoms with van der Waals surface area (Å²) in [4.78, 5) is 13.1. The normalized spacial score (nSPS) is 14.0. The van der Waals surface area contributed by atoms with Gasteiger partial charge in [0.1, 0.15) is 23.9 Å². The van der Waals surface area contributed by atoms with Crippen molar-refractivity contribution in [3.63, 3.8) is 0 Å². The van der Waals surface area contributed by atoms with Gasteiger partial charge in [0.2, 0.25) is 0 Å². The van der Waals surface area contributed by atoms with Gasteiger partial charge in [0.15, 0.2) is 0 Å². The lowest BCUT2D eigenvalue weighted by atomic mass is 10.1. The third-order valence-corrected chi connectivity index (χ3v) is 5.91. The minimum absolute atomic E-state index is 0.0503. The van der Waals surface area contributed by atoms with Crippen molar-refractivity contribution in [3.8, 4) is 0 Å². The number of thiophene rings is 1. The second kappa shape index (κ2) is 9.51. The van der Waals surface area contributed by atoms with Gasteiger partial charge in [-0.3, -0.25) is 10.2 Å². The first-order valence-electron chi connectivity index (χ1n) is 9.23. The van der Waals surface area contributed by atoms with Gasteiger partial charge >= 0.3 is 0 Å². The van der Waals surface area contributed by atoms with Crippen LogP contribution in [0.2, 0.25) is 10.0 Å². The zero-order chi connectivity index (χ0) is 21.8. The van der Waals surface area contributed by atoms with Crippen molar-refractivity contribution in [2.75, 3.05) is 18.6 Å². The van der Waals surface area contributed by atoms with E-state index < -0.39 is 0 Å². The molecule has 2 aromatic carbocycles. The second-order valence-electron chi connectivity index (χ2n) is 6.55. The van der Waals surface area contributed by atoms with E-state index in [1.54, 1.807) is 30.3 Å². The maximum absolute atomic E-state index is 13.2. The summed E-state index contributed by atoms with van der Waals surface area (Å²) in [5.41, 5.74) is 5.11. The summed E-state index contributed by atoms with van der Waals surface area (Å²) in [7, 11) is 0. The van der Waals surface area contributed by atoms with Crippen molar-refractivity contribution in [2.24, 2.45) is 5.10 Å². The Bertz CT molecular complexity index is 1160. The van der Waals surface area contributed by atoms with Gasteiger partial charge in [-0.1, -0.05) is 29.3 Å². The molecule has 4 rings (SSSR count). The summed E-state index contributed by atoms with van der Waals surface area (Å²) in [5.74, 6) is 0.0159. The number of ether oxygens (including phenoxy) is 1. The maximum Gasteiger partial charge on any atom is 0.256 e. The fourth-order valence-corrected chi connectivity index (χ4v) is 4.27. The van der Waals surface area contributed by atoms with E-state index in [2.05, 4.69) is 15.8 Å². The highest BCUT2D eigenvalue weighted by atomic mass is 35.5. The molecule has 2 heterocycles. The molecule has 2 N–H and O–H groups in total. The standard InChI is InChI=1S/C22H16Cl2FN3O2S/c23-13-3-8-16(17(24)10-13)18(28-27-15-6-4-14(25)5-7-15)12-30-19-11-26-22(29)21(19)20-2-1-9-31-20/h1-10,27H,11-12H2,(H,26,29). The quantitative estimate of drug-likeness (QED) is 0.346. The number of hydrogen-bond donors (Lipinski definition) is 2. The van der Waals surface area contributed by atoms with Crippen molar-refractivity contribution >= 4 is 57.4 Å². The van der Waals surface area contributed by atoms with Gasteiger partial charge in [-0.25, -0.2) is 4.39 Å². The molecule has 0 saturated carbocycles. The summed E-state index contributed by atoms with van der Waals surface area (Å²) in [5, 5.41) is 10.0. The van der Waals surface area contributed by atoms with Crippen LogP contribution in [-0.2, 0) is 9.53 Å². The highest BCUT2D eigenvalue weighted by Crippen LogP contribution is 2.28. The highest BCUT2D eigenvalue weighted by Gasteiger charge is 2.26. The Morgan fingerprint density at radius 1 is 1.19 bits per heavy atom. The molecule has 9 heteroatoms. The Kier molecular flexibility index (Phi) is 6.56. The molecule has 158 valence electrons. The van der Waals surface area contributed by atoms with E-state index in [4.69, 9.17) is 27.9 Å². The van der Waals surface area contributed by atoms with Crippen LogP contribution in [0.5, 0.6) is 0 Å². The number of nitrogens with zero attached hydrogens (tertiary/aromatic N) is 1. The van der Waals surface area contributed by atoms with E-state index in [0.717, 1.165) is 4.88 Å². The van der Waals surface area contributed by atoms with Crippen molar-refractivity contribution in [1.29, 1.82) is 0 Å². The van der Waals surface area contributed by atoms with Gasteiger partial charge in [-0.15, -0.1) is 11.3 Å². The van der Waals surface area contributed by atoms with E-state index in [1.807, 2.05) is 17.5 Å². The van der Waals surface area contributed by atoms with E-state index in [0.29, 0.717) is 44.9 Å². The zero-order valence-corrected chi connectivity index (χ0v) is 18.3. The molecule has 31 heavy (non-hydrogen) atoms. The van der Waals surface area contributed by atoms with E-state index in [1.165, 1.54) is 23.5 Å². The average Bonchev–Trinajstić information content (AvgIpc) is 3.39. The van der Waals surface area contributed by atoms with Crippen LogP contribution < -0.4 is 10.7 Å². The van der Waals surface area contributed by atoms with Crippen LogP contribution in [0.25, 0.3) is 5.57 Å². The molecular weight excluding hydrogens is 460 g/mol. The van der Waals surface area contributed by atoms with Crippen LogP contribution in [0.3, 0.4) is 0 Å². The molecule has 0 radical (unpaired) electrons. The first-order chi connectivity index (χ1) is 15.0. The Labute approximate surface area is 192 Å². The van der Waals surface area contributed by atoms with E-state index in [9.17, 15) is 9.18 Å². The predicted molar refractivity (Wildman–Crippen MR) is 123 cm³/mol. The Balaban J connectivity index is 1.62. The fraction of sp³-hybridized carbons (Fsp3) is 0.0909. The smallest absolute Gasteiger partial charge is 0.256 e. The molecule has 0 aliphatic carbocycles. The molecule has 0 spiro atoms. The van der Waals surface area contributed by atoms with Gasteiger partial charge in [0.05, 0.1) is 22.8 Å². The predicted octanol–water partition coefficient (Wildman–Crippen LogP) is 5.57. The second-order valence-corrected chi connectivity index (χ2v) is 8.34. The van der Waals surface area contributed by atoms with E-state index >= 15 is 0 Å². The highest BCUT2D eigenvalue weighted by molar-refractivity contribution is 7.11. The van der Waals surface area contributed by atoms with Crippen LogP contribution in [-0.4, -0.2) is 24.8 Å². The third-order valence-electron chi connectivity index (χ3n) is 4.47. The van der Waals surface area contributed by atoms with Crippen molar-refractivity contribution in [3.05, 3.63) is 92.0 Å². The van der Waals surface area contributed by atoms with Crippen molar-refractivity contribution < 1.29 is 13.9 Å². The van der Waals surface area contributed by atoms with Crippen LogP contribution in [0.1, 0.15) is 10.4 Å². The molecule has 1 aliphatic heterocycles. The fourth-order valence-electron chi connectivity index (χ4n) is 2.96. The number of halogens is 3. The lowest BCUT2D eigenvalue weighted by Crippen LogP contribution is -2.18. The number of rotatable bonds is 7. The molecule has 0 atom stereocenters. The van der Waals surface area contributed by atoms with Crippen molar-refractivity contribution in [1.82, 2.24) is 5.32 Å². The largest absolute Gasteiger partial charge is 0.489 e. The number of carbonyl (C=O) groups is 1. The van der Waals surface area contributed by atoms with Crippen LogP contribution >= 0.6 is 34.5 Å². The summed E-state index contributed by atoms with van der Waals surface area (Å²) >= 11 is 13.9. The number of hydrazone groups is 1. The summed E-state index contributed by atoms with van der Waals surface area (Å²) in [6.45, 7) is 0.341. The number of hydrogen-bond acceptors (Lipinski definition) is 5.